The highest BCUT2D eigenvalue weighted by Crippen LogP contribution is 2.06. The molecule has 0 aromatic heterocycles. The molecule has 0 heterocycles. The Hall–Kier alpha value is -2.78. The molecule has 0 aliphatic heterocycles. The van der Waals surface area contributed by atoms with Crippen LogP contribution in [0.15, 0.2) is 30.3 Å². The van der Waals surface area contributed by atoms with E-state index in [1.807, 2.05) is 19.9 Å². The van der Waals surface area contributed by atoms with Crippen molar-refractivity contribution in [2.24, 2.45) is 23.1 Å². The van der Waals surface area contributed by atoms with Crippen LogP contribution in [0.1, 0.15) is 25.8 Å². The fourth-order valence-corrected chi connectivity index (χ4v) is 2.42. The molecular formula is C19H29N5O4. The molecular weight excluding hydrogens is 362 g/mol. The van der Waals surface area contributed by atoms with Crippen LogP contribution < -0.4 is 27.8 Å². The third kappa shape index (κ3) is 7.45. The van der Waals surface area contributed by atoms with Crippen molar-refractivity contribution in [3.8, 4) is 0 Å². The van der Waals surface area contributed by atoms with Crippen molar-refractivity contribution < 1.29 is 19.2 Å². The van der Waals surface area contributed by atoms with Crippen LogP contribution in [0.3, 0.4) is 0 Å². The highest BCUT2D eigenvalue weighted by Gasteiger charge is 2.29. The number of carbonyl (C=O) groups excluding carboxylic acids is 4. The van der Waals surface area contributed by atoms with Gasteiger partial charge in [-0.25, -0.2) is 0 Å². The highest BCUT2D eigenvalue weighted by molar-refractivity contribution is 6.07. The number of hydrogen-bond donors (Lipinski definition) is 5. The first kappa shape index (κ1) is 23.3. The van der Waals surface area contributed by atoms with Crippen LogP contribution in [0.5, 0.6) is 0 Å². The Bertz CT molecular complexity index is 693. The van der Waals surface area contributed by atoms with Gasteiger partial charge in [0.1, 0.15) is 6.04 Å². The third-order valence-electron chi connectivity index (χ3n) is 4.25. The normalized spacial score (nSPS) is 14.0. The molecule has 0 spiro atoms. The lowest BCUT2D eigenvalue weighted by Crippen LogP contribution is -2.54. The van der Waals surface area contributed by atoms with E-state index in [1.54, 1.807) is 24.3 Å². The van der Waals surface area contributed by atoms with Crippen LogP contribution in [0.2, 0.25) is 0 Å². The predicted molar refractivity (Wildman–Crippen MR) is 105 cm³/mol. The largest absolute Gasteiger partial charge is 0.368 e. The van der Waals surface area contributed by atoms with E-state index in [1.165, 1.54) is 0 Å². The van der Waals surface area contributed by atoms with Gasteiger partial charge in [-0.1, -0.05) is 44.2 Å². The van der Waals surface area contributed by atoms with Gasteiger partial charge in [0, 0.05) is 13.0 Å². The summed E-state index contributed by atoms with van der Waals surface area (Å²) in [6.45, 7) is 3.71. The Balaban J connectivity index is 2.69. The van der Waals surface area contributed by atoms with E-state index in [0.717, 1.165) is 5.56 Å². The van der Waals surface area contributed by atoms with E-state index in [0.29, 0.717) is 0 Å². The first-order valence-corrected chi connectivity index (χ1v) is 9.08. The number of ketones is 1. The number of hydrogen-bond acceptors (Lipinski definition) is 6. The molecule has 0 saturated carbocycles. The molecule has 0 aliphatic carbocycles. The minimum atomic E-state index is -1.52. The SMILES string of the molecule is CC(C)C(N)C(=O)NCCC(=O)NC(Cc1ccccc1)C(=O)C(N)C(N)=O. The molecule has 1 aromatic rings. The summed E-state index contributed by atoms with van der Waals surface area (Å²) < 4.78 is 0. The molecule has 0 saturated heterocycles. The minimum absolute atomic E-state index is 0.0306. The molecule has 3 atom stereocenters. The van der Waals surface area contributed by atoms with E-state index < -0.39 is 35.7 Å². The molecule has 3 unspecified atom stereocenters. The molecule has 154 valence electrons. The van der Waals surface area contributed by atoms with E-state index in [2.05, 4.69) is 10.6 Å². The molecule has 1 aromatic carbocycles. The van der Waals surface area contributed by atoms with Crippen molar-refractivity contribution in [3.05, 3.63) is 35.9 Å². The summed E-state index contributed by atoms with van der Waals surface area (Å²) in [4.78, 5) is 47.7. The van der Waals surface area contributed by atoms with Crippen molar-refractivity contribution in [1.29, 1.82) is 0 Å². The van der Waals surface area contributed by atoms with Crippen molar-refractivity contribution in [3.63, 3.8) is 0 Å². The molecule has 8 N–H and O–H groups in total. The number of carbonyl (C=O) groups is 4. The number of benzene rings is 1. The quantitative estimate of drug-likeness (QED) is 0.290. The van der Waals surface area contributed by atoms with Crippen molar-refractivity contribution in [1.82, 2.24) is 10.6 Å². The molecule has 9 nitrogen and oxygen atoms in total. The Labute approximate surface area is 164 Å². The fourth-order valence-electron chi connectivity index (χ4n) is 2.42. The lowest BCUT2D eigenvalue weighted by atomic mass is 9.97. The van der Waals surface area contributed by atoms with Gasteiger partial charge in [-0.2, -0.15) is 0 Å². The van der Waals surface area contributed by atoms with Crippen LogP contribution >= 0.6 is 0 Å². The van der Waals surface area contributed by atoms with Crippen LogP contribution in [-0.4, -0.2) is 48.2 Å². The third-order valence-corrected chi connectivity index (χ3v) is 4.25. The van der Waals surface area contributed by atoms with Gasteiger partial charge in [0.25, 0.3) is 0 Å². The van der Waals surface area contributed by atoms with Gasteiger partial charge in [-0.3, -0.25) is 19.2 Å². The van der Waals surface area contributed by atoms with Gasteiger partial charge < -0.3 is 27.8 Å². The maximum absolute atomic E-state index is 12.4. The molecule has 0 radical (unpaired) electrons. The van der Waals surface area contributed by atoms with E-state index in [-0.39, 0.29) is 31.2 Å². The Morgan fingerprint density at radius 1 is 1.04 bits per heavy atom. The molecule has 1 rings (SSSR count). The van der Waals surface area contributed by atoms with Crippen LogP contribution in [0.4, 0.5) is 0 Å². The Morgan fingerprint density at radius 3 is 2.18 bits per heavy atom. The zero-order valence-corrected chi connectivity index (χ0v) is 16.2. The zero-order chi connectivity index (χ0) is 21.3. The first-order valence-electron chi connectivity index (χ1n) is 9.08. The summed E-state index contributed by atoms with van der Waals surface area (Å²) in [7, 11) is 0. The number of amides is 3. The number of rotatable bonds is 11. The first-order chi connectivity index (χ1) is 13.1. The summed E-state index contributed by atoms with van der Waals surface area (Å²) in [6, 6.07) is 5.79. The van der Waals surface area contributed by atoms with Gasteiger partial charge >= 0.3 is 0 Å². The zero-order valence-electron chi connectivity index (χ0n) is 16.2. The topological polar surface area (TPSA) is 170 Å². The summed E-state index contributed by atoms with van der Waals surface area (Å²) in [6.07, 6.45) is 0.109. The van der Waals surface area contributed by atoms with Gasteiger partial charge in [-0.05, 0) is 17.9 Å². The van der Waals surface area contributed by atoms with Gasteiger partial charge in [-0.15, -0.1) is 0 Å². The fraction of sp³-hybridized carbons (Fsp3) is 0.474. The Kier molecular flexibility index (Phi) is 9.26. The summed E-state index contributed by atoms with van der Waals surface area (Å²) in [5.41, 5.74) is 17.2. The average molecular weight is 391 g/mol. The minimum Gasteiger partial charge on any atom is -0.368 e. The summed E-state index contributed by atoms with van der Waals surface area (Å²) >= 11 is 0. The molecule has 28 heavy (non-hydrogen) atoms. The summed E-state index contributed by atoms with van der Waals surface area (Å²) in [5.74, 6) is -2.49. The van der Waals surface area contributed by atoms with E-state index in [9.17, 15) is 19.2 Å². The second-order valence-electron chi connectivity index (χ2n) is 6.90. The number of Topliss-reactive ketones (excluding diaryl/α,β-unsaturated/α-hetero) is 1. The second-order valence-corrected chi connectivity index (χ2v) is 6.90. The number of nitrogens with one attached hydrogen (secondary N) is 2. The summed E-state index contributed by atoms with van der Waals surface area (Å²) in [5, 5.41) is 5.15. The van der Waals surface area contributed by atoms with Crippen molar-refractivity contribution >= 4 is 23.5 Å². The van der Waals surface area contributed by atoms with Gasteiger partial charge in [0.2, 0.25) is 17.7 Å². The maximum atomic E-state index is 12.4. The number of primary amides is 1. The second kappa shape index (κ2) is 11.2. The molecule has 0 fully saturated rings. The lowest BCUT2D eigenvalue weighted by molar-refractivity contribution is -0.132. The molecule has 0 bridgehead atoms. The lowest BCUT2D eigenvalue weighted by Gasteiger charge is -2.20. The molecule has 0 aliphatic rings. The van der Waals surface area contributed by atoms with E-state index >= 15 is 0 Å². The standard InChI is InChI=1S/C19H29N5O4/c1-11(2)15(20)19(28)23-9-8-14(25)24-13(17(26)16(21)18(22)27)10-12-6-4-3-5-7-12/h3-7,11,13,15-16H,8-10,20-21H2,1-2H3,(H2,22,27)(H,23,28)(H,24,25). The van der Waals surface area contributed by atoms with E-state index in [4.69, 9.17) is 17.2 Å². The maximum Gasteiger partial charge on any atom is 0.242 e. The molecule has 3 amide bonds. The van der Waals surface area contributed by atoms with Crippen LogP contribution in [0, 0.1) is 5.92 Å². The Morgan fingerprint density at radius 2 is 1.64 bits per heavy atom. The predicted octanol–water partition coefficient (Wildman–Crippen LogP) is -1.41. The van der Waals surface area contributed by atoms with Crippen molar-refractivity contribution in [2.75, 3.05) is 6.54 Å². The average Bonchev–Trinajstić information content (AvgIpc) is 2.66. The highest BCUT2D eigenvalue weighted by atomic mass is 16.2. The monoisotopic (exact) mass is 391 g/mol. The number of nitrogens with two attached hydrogens (primary N) is 3. The van der Waals surface area contributed by atoms with Gasteiger partial charge in [0.05, 0.1) is 12.1 Å². The smallest absolute Gasteiger partial charge is 0.242 e. The van der Waals surface area contributed by atoms with Crippen LogP contribution in [-0.2, 0) is 25.6 Å². The van der Waals surface area contributed by atoms with Crippen LogP contribution in [0.25, 0.3) is 0 Å². The molecule has 9 heteroatoms. The van der Waals surface area contributed by atoms with Gasteiger partial charge in [0.15, 0.2) is 5.78 Å². The van der Waals surface area contributed by atoms with Crippen molar-refractivity contribution in [2.45, 2.75) is 44.8 Å².